The van der Waals surface area contributed by atoms with Crippen LogP contribution in [0.4, 0.5) is 0 Å². The molecule has 1 aromatic heterocycles. The summed E-state index contributed by atoms with van der Waals surface area (Å²) in [7, 11) is 1.80. The van der Waals surface area contributed by atoms with E-state index in [9.17, 15) is 13.2 Å². The molecule has 1 saturated heterocycles. The quantitative estimate of drug-likeness (QED) is 0.437. The fourth-order valence-electron chi connectivity index (χ4n) is 7.02. The lowest BCUT2D eigenvalue weighted by molar-refractivity contribution is -0.138. The molecule has 1 saturated carbocycles. The average molecular weight is 602 g/mol. The maximum Gasteiger partial charge on any atom is 0.248 e. The molecule has 5 rings (SSSR count). The first-order valence-corrected chi connectivity index (χ1v) is 16.6. The highest BCUT2D eigenvalue weighted by Gasteiger charge is 2.39. The Balaban J connectivity index is 1.25. The van der Waals surface area contributed by atoms with Gasteiger partial charge >= 0.3 is 0 Å². The van der Waals surface area contributed by atoms with Crippen LogP contribution in [-0.4, -0.2) is 117 Å². The van der Waals surface area contributed by atoms with E-state index >= 15 is 0 Å². The van der Waals surface area contributed by atoms with Gasteiger partial charge in [0.05, 0.1) is 24.7 Å². The number of hydrogen-bond donors (Lipinski definition) is 0. The van der Waals surface area contributed by atoms with Crippen molar-refractivity contribution in [1.29, 1.82) is 0 Å². The van der Waals surface area contributed by atoms with E-state index in [4.69, 9.17) is 9.47 Å². The van der Waals surface area contributed by atoms with Gasteiger partial charge in [-0.3, -0.25) is 9.69 Å². The Morgan fingerprint density at radius 1 is 1.05 bits per heavy atom. The van der Waals surface area contributed by atoms with Gasteiger partial charge in [0.15, 0.2) is 0 Å². The lowest BCUT2D eigenvalue weighted by Crippen LogP contribution is -2.53. The van der Waals surface area contributed by atoms with Crippen LogP contribution < -0.4 is 4.74 Å². The molecule has 3 atom stereocenters. The summed E-state index contributed by atoms with van der Waals surface area (Å²) in [5.74, 6) is 0.577. The first-order chi connectivity index (χ1) is 20.1. The molecule has 11 heteroatoms. The number of likely N-dealkylation sites (N-methyl/N-ethyl adjacent to an activating group) is 2. The predicted molar refractivity (Wildman–Crippen MR) is 162 cm³/mol. The zero-order valence-corrected chi connectivity index (χ0v) is 26.6. The summed E-state index contributed by atoms with van der Waals surface area (Å²) in [4.78, 5) is 20.4. The minimum Gasteiger partial charge on any atom is -0.497 e. The lowest BCUT2D eigenvalue weighted by atomic mass is 9.88. The number of aromatic nitrogens is 1. The molecule has 1 aromatic carbocycles. The number of carbonyl (C=O) groups excluding carboxylic acids is 1. The Hall–Kier alpha value is -2.44. The molecule has 2 aromatic rings. The Morgan fingerprint density at radius 2 is 1.76 bits per heavy atom. The van der Waals surface area contributed by atoms with Gasteiger partial charge in [-0.1, -0.05) is 0 Å². The van der Waals surface area contributed by atoms with E-state index in [1.165, 1.54) is 6.42 Å². The summed E-state index contributed by atoms with van der Waals surface area (Å²) < 4.78 is 43.2. The Labute approximate surface area is 251 Å². The maximum atomic E-state index is 14.1. The van der Waals surface area contributed by atoms with E-state index in [0.29, 0.717) is 40.9 Å². The van der Waals surface area contributed by atoms with Crippen LogP contribution in [0, 0.1) is 13.8 Å². The minimum atomic E-state index is -3.84. The van der Waals surface area contributed by atoms with Gasteiger partial charge in [-0.2, -0.15) is 4.31 Å². The van der Waals surface area contributed by atoms with Crippen molar-refractivity contribution in [2.75, 3.05) is 67.1 Å². The highest BCUT2D eigenvalue weighted by atomic mass is 32.2. The molecule has 0 radical (unpaired) electrons. The van der Waals surface area contributed by atoms with Crippen LogP contribution in [0.2, 0.25) is 0 Å². The number of fused-ring (bicyclic) bond motifs is 1. The summed E-state index contributed by atoms with van der Waals surface area (Å²) in [6, 6.07) is 7.57. The van der Waals surface area contributed by atoms with Crippen LogP contribution in [0.1, 0.15) is 48.5 Å². The van der Waals surface area contributed by atoms with Gasteiger partial charge in [0.25, 0.3) is 0 Å². The molecule has 1 unspecified atom stereocenters. The second-order valence-corrected chi connectivity index (χ2v) is 14.0. The number of amides is 1. The standard InChI is InChI=1S/C31H47N5O5S/c1-23-18-27(40-5)19-24(2)31(23)42(38,39)36-17-16-35-11-7-10-28(35)29(36)21-41-22-30(37)33(4)25-8-6-9-26(20-25)34-14-12-32(3)13-15-34/h7,10-11,18-19,25-26,29H,6,8-9,12-17,20-22H2,1-5H3/t25-,26+,29?/m1/s1. The molecule has 3 heterocycles. The minimum absolute atomic E-state index is 0.0542. The van der Waals surface area contributed by atoms with Crippen molar-refractivity contribution in [1.82, 2.24) is 23.6 Å². The second kappa shape index (κ2) is 13.1. The average Bonchev–Trinajstić information content (AvgIpc) is 3.46. The smallest absolute Gasteiger partial charge is 0.248 e. The van der Waals surface area contributed by atoms with Crippen molar-refractivity contribution in [3.8, 4) is 5.75 Å². The van der Waals surface area contributed by atoms with E-state index in [0.717, 1.165) is 51.1 Å². The van der Waals surface area contributed by atoms with Crippen LogP contribution in [-0.2, 0) is 26.1 Å². The summed E-state index contributed by atoms with van der Waals surface area (Å²) in [6.45, 7) is 8.89. The highest BCUT2D eigenvalue weighted by molar-refractivity contribution is 7.89. The van der Waals surface area contributed by atoms with Gasteiger partial charge in [0.1, 0.15) is 12.4 Å². The number of methoxy groups -OCH3 is 1. The monoisotopic (exact) mass is 601 g/mol. The number of carbonyl (C=O) groups is 1. The van der Waals surface area contributed by atoms with Gasteiger partial charge in [-0.25, -0.2) is 8.42 Å². The zero-order valence-electron chi connectivity index (χ0n) is 25.8. The largest absolute Gasteiger partial charge is 0.497 e. The van der Waals surface area contributed by atoms with E-state index in [1.54, 1.807) is 37.4 Å². The van der Waals surface area contributed by atoms with Crippen molar-refractivity contribution in [3.63, 3.8) is 0 Å². The summed E-state index contributed by atoms with van der Waals surface area (Å²) in [5.41, 5.74) is 2.16. The van der Waals surface area contributed by atoms with Crippen LogP contribution in [0.3, 0.4) is 0 Å². The van der Waals surface area contributed by atoms with Gasteiger partial charge < -0.3 is 23.8 Å². The number of piperazine rings is 1. The normalized spacial score (nSPS) is 24.4. The number of sulfonamides is 1. The first kappa shape index (κ1) is 31.0. The third-order valence-corrected chi connectivity index (χ3v) is 11.7. The molecule has 10 nitrogen and oxygen atoms in total. The van der Waals surface area contributed by atoms with E-state index in [1.807, 2.05) is 30.3 Å². The predicted octanol–water partition coefficient (Wildman–Crippen LogP) is 2.89. The molecule has 42 heavy (non-hydrogen) atoms. The highest BCUT2D eigenvalue weighted by Crippen LogP contribution is 2.35. The fourth-order valence-corrected chi connectivity index (χ4v) is 9.02. The summed E-state index contributed by atoms with van der Waals surface area (Å²) in [6.07, 6.45) is 6.28. The number of benzene rings is 1. The topological polar surface area (TPSA) is 87.6 Å². The molecule has 3 aliphatic rings. The molecule has 1 aliphatic carbocycles. The van der Waals surface area contributed by atoms with Crippen molar-refractivity contribution >= 4 is 15.9 Å². The first-order valence-electron chi connectivity index (χ1n) is 15.2. The molecule has 0 N–H and O–H groups in total. The molecule has 1 amide bonds. The molecule has 2 aliphatic heterocycles. The van der Waals surface area contributed by atoms with Crippen LogP contribution in [0.15, 0.2) is 35.4 Å². The lowest BCUT2D eigenvalue weighted by Gasteiger charge is -2.43. The number of rotatable bonds is 9. The molecular formula is C31H47N5O5S. The second-order valence-electron chi connectivity index (χ2n) is 12.2. The molecule has 2 fully saturated rings. The Morgan fingerprint density at radius 3 is 2.45 bits per heavy atom. The van der Waals surface area contributed by atoms with Crippen molar-refractivity contribution in [3.05, 3.63) is 47.3 Å². The van der Waals surface area contributed by atoms with Crippen molar-refractivity contribution < 1.29 is 22.7 Å². The van der Waals surface area contributed by atoms with Gasteiger partial charge in [-0.15, -0.1) is 0 Å². The zero-order chi connectivity index (χ0) is 30.0. The third kappa shape index (κ3) is 6.40. The number of aryl methyl sites for hydroxylation is 2. The van der Waals surface area contributed by atoms with Crippen LogP contribution >= 0.6 is 0 Å². The van der Waals surface area contributed by atoms with Gasteiger partial charge in [0.2, 0.25) is 15.9 Å². The molecule has 232 valence electrons. The molecule has 0 spiro atoms. The Kier molecular flexibility index (Phi) is 9.63. The maximum absolute atomic E-state index is 14.1. The number of ether oxygens (including phenoxy) is 2. The Bertz CT molecular complexity index is 1330. The van der Waals surface area contributed by atoms with Gasteiger partial charge in [0, 0.05) is 70.3 Å². The SMILES string of the molecule is COc1cc(C)c(S(=O)(=O)N2CCn3cccc3C2COCC(=O)N(C)[C@@H]2CCC[C@H](N3CCN(C)CC3)C2)c(C)c1. The van der Waals surface area contributed by atoms with Crippen molar-refractivity contribution in [2.45, 2.75) is 69.1 Å². The van der Waals surface area contributed by atoms with E-state index in [-0.39, 0.29) is 25.2 Å². The third-order valence-electron chi connectivity index (χ3n) is 9.47. The van der Waals surface area contributed by atoms with E-state index in [2.05, 4.69) is 21.4 Å². The van der Waals surface area contributed by atoms with E-state index < -0.39 is 16.1 Å². The van der Waals surface area contributed by atoms with Crippen LogP contribution in [0.5, 0.6) is 5.75 Å². The fraction of sp³-hybridized carbons (Fsp3) is 0.645. The van der Waals surface area contributed by atoms with Crippen molar-refractivity contribution in [2.24, 2.45) is 0 Å². The summed E-state index contributed by atoms with van der Waals surface area (Å²) >= 11 is 0. The summed E-state index contributed by atoms with van der Waals surface area (Å²) in [5, 5.41) is 0. The number of nitrogens with zero attached hydrogens (tertiary/aromatic N) is 5. The number of hydrogen-bond acceptors (Lipinski definition) is 7. The van der Waals surface area contributed by atoms with Gasteiger partial charge in [-0.05, 0) is 82.0 Å². The molecule has 0 bridgehead atoms. The molecular weight excluding hydrogens is 554 g/mol. The van der Waals surface area contributed by atoms with Crippen LogP contribution in [0.25, 0.3) is 0 Å².